The minimum absolute atomic E-state index is 0.0337. The molecule has 37 heavy (non-hydrogen) atoms. The highest BCUT2D eigenvalue weighted by atomic mass is 19.4. The average molecular weight is 512 g/mol. The van der Waals surface area contributed by atoms with E-state index >= 15 is 0 Å². The van der Waals surface area contributed by atoms with Crippen molar-refractivity contribution in [3.63, 3.8) is 0 Å². The number of carbonyl (C=O) groups excluding carboxylic acids is 1. The van der Waals surface area contributed by atoms with Gasteiger partial charge in [-0.15, -0.1) is 0 Å². The van der Waals surface area contributed by atoms with E-state index in [-0.39, 0.29) is 18.5 Å². The Kier molecular flexibility index (Phi) is 7.27. The highest BCUT2D eigenvalue weighted by molar-refractivity contribution is 5.76. The van der Waals surface area contributed by atoms with E-state index in [9.17, 15) is 18.0 Å². The van der Waals surface area contributed by atoms with Crippen molar-refractivity contribution in [2.24, 2.45) is 0 Å². The third kappa shape index (κ3) is 5.60. The van der Waals surface area contributed by atoms with E-state index in [1.807, 2.05) is 62.4 Å². The van der Waals surface area contributed by atoms with E-state index in [4.69, 9.17) is 9.47 Å². The van der Waals surface area contributed by atoms with Crippen molar-refractivity contribution in [3.05, 3.63) is 89.0 Å². The molecule has 1 amide bonds. The zero-order chi connectivity index (χ0) is 27.0. The maximum Gasteiger partial charge on any atom is 0.416 e. The molecule has 0 bridgehead atoms. The van der Waals surface area contributed by atoms with Gasteiger partial charge in [0.15, 0.2) is 0 Å². The molecule has 196 valence electrons. The van der Waals surface area contributed by atoms with E-state index in [1.54, 1.807) is 4.90 Å². The minimum atomic E-state index is -4.52. The molecule has 0 saturated carbocycles. The summed E-state index contributed by atoms with van der Waals surface area (Å²) in [5.41, 5.74) is 2.11. The Hall–Kier alpha value is -3.48. The number of methoxy groups -OCH3 is 1. The fourth-order valence-corrected chi connectivity index (χ4v) is 4.86. The molecule has 0 N–H and O–H groups in total. The molecule has 1 fully saturated rings. The Balaban J connectivity index is 1.82. The lowest BCUT2D eigenvalue weighted by atomic mass is 9.90. The van der Waals surface area contributed by atoms with Gasteiger partial charge >= 0.3 is 12.3 Å². The normalized spacial score (nSPS) is 17.3. The van der Waals surface area contributed by atoms with E-state index in [0.29, 0.717) is 28.9 Å². The third-order valence-corrected chi connectivity index (χ3v) is 6.99. The van der Waals surface area contributed by atoms with Gasteiger partial charge in [0.1, 0.15) is 11.4 Å². The molecular weight excluding hydrogens is 479 g/mol. The summed E-state index contributed by atoms with van der Waals surface area (Å²) in [7, 11) is 1.54. The minimum Gasteiger partial charge on any atom is -0.496 e. The summed E-state index contributed by atoms with van der Waals surface area (Å²) >= 11 is 0. The van der Waals surface area contributed by atoms with Crippen LogP contribution < -0.4 is 4.74 Å². The standard InChI is InChI=1S/C30H32F3NO3/c1-19(2)21-11-14-26(36-5)25(17-21)24-13-12-23(30(31,32)33)16-22(24)18-34-27(29(3,4)37-28(34)35)15-20-9-7-6-8-10-20/h6-14,16-17,19,27H,15,18H2,1-5H3/t27-/m0/s1. The lowest BCUT2D eigenvalue weighted by Crippen LogP contribution is -2.43. The molecule has 7 heteroatoms. The van der Waals surface area contributed by atoms with Gasteiger partial charge < -0.3 is 9.47 Å². The maximum absolute atomic E-state index is 13.8. The number of benzene rings is 3. The zero-order valence-corrected chi connectivity index (χ0v) is 21.7. The van der Waals surface area contributed by atoms with Gasteiger partial charge in [-0.2, -0.15) is 13.2 Å². The monoisotopic (exact) mass is 511 g/mol. The van der Waals surface area contributed by atoms with E-state index < -0.39 is 23.4 Å². The molecule has 0 aromatic heterocycles. The number of alkyl halides is 3. The van der Waals surface area contributed by atoms with Crippen LogP contribution in [0.2, 0.25) is 0 Å². The SMILES string of the molecule is COc1ccc(C(C)C)cc1-c1ccc(C(F)(F)F)cc1CN1C(=O)OC(C)(C)[C@@H]1Cc1ccccc1. The van der Waals surface area contributed by atoms with Gasteiger partial charge in [-0.05, 0) is 72.7 Å². The number of hydrogen-bond donors (Lipinski definition) is 0. The second-order valence-electron chi connectivity index (χ2n) is 10.3. The Morgan fingerprint density at radius 3 is 2.32 bits per heavy atom. The van der Waals surface area contributed by atoms with Crippen molar-refractivity contribution in [1.29, 1.82) is 0 Å². The Labute approximate surface area is 216 Å². The number of halogens is 3. The number of amides is 1. The molecule has 0 unspecified atom stereocenters. The summed E-state index contributed by atoms with van der Waals surface area (Å²) in [6.45, 7) is 7.74. The third-order valence-electron chi connectivity index (χ3n) is 6.99. The van der Waals surface area contributed by atoms with E-state index in [0.717, 1.165) is 23.3 Å². The van der Waals surface area contributed by atoms with Crippen molar-refractivity contribution in [1.82, 2.24) is 4.90 Å². The van der Waals surface area contributed by atoms with Gasteiger partial charge in [-0.1, -0.05) is 56.3 Å². The van der Waals surface area contributed by atoms with Crippen LogP contribution in [0, 0.1) is 0 Å². The molecule has 3 aromatic rings. The number of rotatable bonds is 7. The summed E-state index contributed by atoms with van der Waals surface area (Å²) in [6.07, 6.45) is -4.55. The van der Waals surface area contributed by atoms with Gasteiger partial charge in [0.25, 0.3) is 0 Å². The summed E-state index contributed by atoms with van der Waals surface area (Å²) in [6, 6.07) is 18.7. The Morgan fingerprint density at radius 1 is 1.00 bits per heavy atom. The smallest absolute Gasteiger partial charge is 0.416 e. The van der Waals surface area contributed by atoms with Crippen molar-refractivity contribution in [2.75, 3.05) is 7.11 Å². The lowest BCUT2D eigenvalue weighted by molar-refractivity contribution is -0.137. The van der Waals surface area contributed by atoms with E-state index in [1.165, 1.54) is 13.2 Å². The van der Waals surface area contributed by atoms with Crippen LogP contribution in [0.1, 0.15) is 55.9 Å². The van der Waals surface area contributed by atoms with Gasteiger partial charge in [0.2, 0.25) is 0 Å². The van der Waals surface area contributed by atoms with Crippen LogP contribution in [-0.2, 0) is 23.9 Å². The summed E-state index contributed by atoms with van der Waals surface area (Å²) in [5, 5.41) is 0. The van der Waals surface area contributed by atoms with Crippen LogP contribution in [0.15, 0.2) is 66.7 Å². The van der Waals surface area contributed by atoms with Crippen molar-refractivity contribution >= 4 is 6.09 Å². The molecule has 1 heterocycles. The number of cyclic esters (lactones) is 1. The molecular formula is C30H32F3NO3. The number of carbonyl (C=O) groups is 1. The van der Waals surface area contributed by atoms with Crippen LogP contribution in [-0.4, -0.2) is 29.7 Å². The van der Waals surface area contributed by atoms with Gasteiger partial charge in [0, 0.05) is 5.56 Å². The first-order valence-electron chi connectivity index (χ1n) is 12.3. The number of ether oxygens (including phenoxy) is 2. The molecule has 1 aliphatic heterocycles. The van der Waals surface area contributed by atoms with E-state index in [2.05, 4.69) is 13.8 Å². The summed E-state index contributed by atoms with van der Waals surface area (Å²) in [4.78, 5) is 14.6. The van der Waals surface area contributed by atoms with Crippen molar-refractivity contribution < 1.29 is 27.4 Å². The molecule has 4 nitrogen and oxygen atoms in total. The highest BCUT2D eigenvalue weighted by Gasteiger charge is 2.47. The molecule has 1 atom stereocenters. The van der Waals surface area contributed by atoms with Crippen LogP contribution in [0.3, 0.4) is 0 Å². The first-order chi connectivity index (χ1) is 17.4. The first kappa shape index (κ1) is 26.6. The topological polar surface area (TPSA) is 38.8 Å². The predicted molar refractivity (Wildman–Crippen MR) is 138 cm³/mol. The van der Waals surface area contributed by atoms with Gasteiger partial charge in [-0.25, -0.2) is 4.79 Å². The maximum atomic E-state index is 13.8. The number of nitrogens with zero attached hydrogens (tertiary/aromatic N) is 1. The number of hydrogen-bond acceptors (Lipinski definition) is 3. The van der Waals surface area contributed by atoms with Crippen molar-refractivity contribution in [3.8, 4) is 16.9 Å². The molecule has 4 rings (SSSR count). The second-order valence-corrected chi connectivity index (χ2v) is 10.3. The lowest BCUT2D eigenvalue weighted by Gasteiger charge is -2.30. The summed E-state index contributed by atoms with van der Waals surface area (Å²) in [5.74, 6) is 0.766. The molecule has 3 aromatic carbocycles. The van der Waals surface area contributed by atoms with Gasteiger partial charge in [0.05, 0.1) is 25.3 Å². The molecule has 0 spiro atoms. The second kappa shape index (κ2) is 10.1. The largest absolute Gasteiger partial charge is 0.496 e. The molecule has 0 aliphatic carbocycles. The highest BCUT2D eigenvalue weighted by Crippen LogP contribution is 2.40. The average Bonchev–Trinajstić information content (AvgIpc) is 3.05. The quantitative estimate of drug-likeness (QED) is 0.324. The van der Waals surface area contributed by atoms with Crippen molar-refractivity contribution in [2.45, 2.75) is 64.4 Å². The van der Waals surface area contributed by atoms with Crippen LogP contribution in [0.25, 0.3) is 11.1 Å². The Morgan fingerprint density at radius 2 is 1.70 bits per heavy atom. The van der Waals surface area contributed by atoms with Crippen LogP contribution in [0.4, 0.5) is 18.0 Å². The van der Waals surface area contributed by atoms with Gasteiger partial charge in [-0.3, -0.25) is 4.90 Å². The first-order valence-corrected chi connectivity index (χ1v) is 12.3. The fraction of sp³-hybridized carbons (Fsp3) is 0.367. The predicted octanol–water partition coefficient (Wildman–Crippen LogP) is 7.85. The molecule has 1 saturated heterocycles. The summed E-state index contributed by atoms with van der Waals surface area (Å²) < 4.78 is 52.6. The fourth-order valence-electron chi connectivity index (χ4n) is 4.86. The zero-order valence-electron chi connectivity index (χ0n) is 21.7. The van der Waals surface area contributed by atoms with Crippen LogP contribution in [0.5, 0.6) is 5.75 Å². The Bertz CT molecular complexity index is 1270. The van der Waals surface area contributed by atoms with Crippen LogP contribution >= 0.6 is 0 Å². The molecule has 1 aliphatic rings. The molecule has 0 radical (unpaired) electrons.